The average Bonchev–Trinajstić information content (AvgIpc) is 2.71. The fourth-order valence-electron chi connectivity index (χ4n) is 2.49. The van der Waals surface area contributed by atoms with Crippen molar-refractivity contribution in [3.05, 3.63) is 41.3 Å². The molecule has 0 amide bonds. The molecule has 0 unspecified atom stereocenters. The van der Waals surface area contributed by atoms with E-state index in [1.54, 1.807) is 37.4 Å². The summed E-state index contributed by atoms with van der Waals surface area (Å²) in [6.45, 7) is 0. The molecule has 2 aromatic carbocycles. The van der Waals surface area contributed by atoms with Gasteiger partial charge in [-0.3, -0.25) is 4.72 Å². The highest BCUT2D eigenvalue weighted by Gasteiger charge is 2.14. The van der Waals surface area contributed by atoms with Crippen molar-refractivity contribution in [3.63, 3.8) is 0 Å². The van der Waals surface area contributed by atoms with Crippen LogP contribution in [-0.4, -0.2) is 43.9 Å². The minimum Gasteiger partial charge on any atom is -0.497 e. The number of hydrogen-bond donors (Lipinski definition) is 2. The summed E-state index contributed by atoms with van der Waals surface area (Å²) in [4.78, 5) is 0. The number of benzene rings is 2. The molecule has 0 saturated heterocycles. The maximum Gasteiger partial charge on any atom is 0.255 e. The largest absolute Gasteiger partial charge is 0.497 e. The Balaban J connectivity index is 2.36. The van der Waals surface area contributed by atoms with Gasteiger partial charge in [0.1, 0.15) is 23.0 Å². The molecule has 0 aromatic heterocycles. The van der Waals surface area contributed by atoms with Crippen LogP contribution in [0.5, 0.6) is 23.0 Å². The van der Waals surface area contributed by atoms with Gasteiger partial charge in [0.25, 0.3) is 10.0 Å². The molecule has 0 radical (unpaired) electrons. The lowest BCUT2D eigenvalue weighted by atomic mass is 10.1. The number of rotatable bonds is 9. The highest BCUT2D eigenvalue weighted by atomic mass is 32.2. The Kier molecular flexibility index (Phi) is 7.00. The quantitative estimate of drug-likeness (QED) is 0.658. The van der Waals surface area contributed by atoms with Gasteiger partial charge in [0.05, 0.1) is 50.8 Å². The summed E-state index contributed by atoms with van der Waals surface area (Å²) < 4.78 is 48.6. The molecule has 0 heterocycles. The first-order chi connectivity index (χ1) is 13.4. The summed E-state index contributed by atoms with van der Waals surface area (Å²) in [6.07, 6.45) is 1.40. The van der Waals surface area contributed by atoms with E-state index in [2.05, 4.69) is 10.0 Å². The van der Waals surface area contributed by atoms with Gasteiger partial charge in [-0.05, 0) is 18.2 Å². The number of sulfonamides is 1. The zero-order valence-electron chi connectivity index (χ0n) is 16.4. The molecule has 2 aromatic rings. The topological polar surface area (TPSA) is 95.1 Å². The van der Waals surface area contributed by atoms with Crippen molar-refractivity contribution in [2.75, 3.05) is 45.5 Å². The first-order valence-corrected chi connectivity index (χ1v) is 9.78. The van der Waals surface area contributed by atoms with Crippen molar-refractivity contribution in [2.24, 2.45) is 0 Å². The van der Waals surface area contributed by atoms with E-state index < -0.39 is 10.0 Å². The summed E-state index contributed by atoms with van der Waals surface area (Å²) in [7, 11) is 3.91. The normalized spacial score (nSPS) is 11.2. The molecule has 0 spiro atoms. The van der Waals surface area contributed by atoms with Crippen LogP contribution in [0.4, 0.5) is 11.4 Å². The Morgan fingerprint density at radius 1 is 0.821 bits per heavy atom. The van der Waals surface area contributed by atoms with Crippen LogP contribution in [0.2, 0.25) is 0 Å². The average molecular weight is 408 g/mol. The van der Waals surface area contributed by atoms with Gasteiger partial charge in [0.2, 0.25) is 0 Å². The Bertz CT molecular complexity index is 932. The van der Waals surface area contributed by atoms with Gasteiger partial charge in [0.15, 0.2) is 0 Å². The van der Waals surface area contributed by atoms with Crippen molar-refractivity contribution in [3.8, 4) is 23.0 Å². The van der Waals surface area contributed by atoms with Crippen LogP contribution < -0.4 is 29.0 Å². The molecule has 0 atom stereocenters. The molecular weight excluding hydrogens is 384 g/mol. The number of methoxy groups -OCH3 is 4. The monoisotopic (exact) mass is 408 g/mol. The smallest absolute Gasteiger partial charge is 0.255 e. The van der Waals surface area contributed by atoms with E-state index >= 15 is 0 Å². The fraction of sp³-hybridized carbons (Fsp3) is 0.263. The molecule has 9 heteroatoms. The van der Waals surface area contributed by atoms with E-state index in [-0.39, 0.29) is 0 Å². The molecule has 0 saturated carbocycles. The summed E-state index contributed by atoms with van der Waals surface area (Å²) in [5, 5.41) is 3.98. The standard InChI is InChI=1S/C19H24N2O6S/c1-20-17-10-13(24-2)6-7-16(17)21-28(22,23)9-8-15-18(26-4)11-14(25-3)12-19(15)27-5/h6-12,20-21H,1-5H3. The van der Waals surface area contributed by atoms with Crippen LogP contribution in [0.3, 0.4) is 0 Å². The SMILES string of the molecule is CNc1cc(OC)ccc1NS(=O)(=O)C=Cc1c(OC)cc(OC)cc1OC. The maximum atomic E-state index is 12.6. The summed E-state index contributed by atoms with van der Waals surface area (Å²) in [5.74, 6) is 1.98. The fourth-order valence-corrected chi connectivity index (χ4v) is 3.36. The summed E-state index contributed by atoms with van der Waals surface area (Å²) in [6, 6.07) is 8.26. The van der Waals surface area contributed by atoms with Crippen molar-refractivity contribution < 1.29 is 27.4 Å². The first kappa shape index (κ1) is 21.2. The Hall–Kier alpha value is -3.07. The molecule has 0 aliphatic heterocycles. The Morgan fingerprint density at radius 2 is 1.43 bits per heavy atom. The molecule has 0 bridgehead atoms. The van der Waals surface area contributed by atoms with Crippen molar-refractivity contribution in [1.82, 2.24) is 0 Å². The van der Waals surface area contributed by atoms with Gasteiger partial charge in [-0.1, -0.05) is 0 Å². The van der Waals surface area contributed by atoms with Crippen LogP contribution in [0.25, 0.3) is 6.08 Å². The van der Waals surface area contributed by atoms with Gasteiger partial charge in [-0.2, -0.15) is 0 Å². The number of anilines is 2. The lowest BCUT2D eigenvalue weighted by molar-refractivity contribution is 0.374. The minimum atomic E-state index is -3.80. The Morgan fingerprint density at radius 3 is 1.93 bits per heavy atom. The number of nitrogens with one attached hydrogen (secondary N) is 2. The molecule has 8 nitrogen and oxygen atoms in total. The molecule has 0 fully saturated rings. The van der Waals surface area contributed by atoms with Crippen LogP contribution in [0.1, 0.15) is 5.56 Å². The zero-order valence-corrected chi connectivity index (χ0v) is 17.2. The molecular formula is C19H24N2O6S. The maximum absolute atomic E-state index is 12.6. The molecule has 152 valence electrons. The van der Waals surface area contributed by atoms with Crippen molar-refractivity contribution in [2.45, 2.75) is 0 Å². The van der Waals surface area contributed by atoms with Gasteiger partial charge in [-0.25, -0.2) is 8.42 Å². The highest BCUT2D eigenvalue weighted by Crippen LogP contribution is 2.35. The predicted molar refractivity (Wildman–Crippen MR) is 110 cm³/mol. The third-order valence-electron chi connectivity index (χ3n) is 3.92. The number of hydrogen-bond acceptors (Lipinski definition) is 7. The minimum absolute atomic E-state index is 0.390. The van der Waals surface area contributed by atoms with E-state index in [1.165, 1.54) is 34.5 Å². The second kappa shape index (κ2) is 9.23. The molecule has 2 N–H and O–H groups in total. The third kappa shape index (κ3) is 5.01. The van der Waals surface area contributed by atoms with E-state index in [0.29, 0.717) is 39.9 Å². The van der Waals surface area contributed by atoms with Crippen LogP contribution in [0, 0.1) is 0 Å². The lowest BCUT2D eigenvalue weighted by Crippen LogP contribution is -2.10. The van der Waals surface area contributed by atoms with Crippen LogP contribution in [0.15, 0.2) is 35.7 Å². The molecule has 0 aliphatic rings. The third-order valence-corrected chi connectivity index (χ3v) is 4.91. The van der Waals surface area contributed by atoms with Crippen molar-refractivity contribution in [1.29, 1.82) is 0 Å². The molecule has 28 heavy (non-hydrogen) atoms. The van der Waals surface area contributed by atoms with Gasteiger partial charge in [0, 0.05) is 25.2 Å². The van der Waals surface area contributed by atoms with Crippen molar-refractivity contribution >= 4 is 27.5 Å². The summed E-state index contributed by atoms with van der Waals surface area (Å²) in [5.41, 5.74) is 1.44. The van der Waals surface area contributed by atoms with Crippen LogP contribution >= 0.6 is 0 Å². The van der Waals surface area contributed by atoms with E-state index in [4.69, 9.17) is 18.9 Å². The van der Waals surface area contributed by atoms with Crippen LogP contribution in [-0.2, 0) is 10.0 Å². The van der Waals surface area contributed by atoms with E-state index in [1.807, 2.05) is 0 Å². The van der Waals surface area contributed by atoms with Gasteiger partial charge in [-0.15, -0.1) is 0 Å². The second-order valence-corrected chi connectivity index (χ2v) is 7.12. The van der Waals surface area contributed by atoms with Gasteiger partial charge < -0.3 is 24.3 Å². The second-order valence-electron chi connectivity index (χ2n) is 5.56. The lowest BCUT2D eigenvalue weighted by Gasteiger charge is -2.13. The van der Waals surface area contributed by atoms with E-state index in [9.17, 15) is 8.42 Å². The first-order valence-electron chi connectivity index (χ1n) is 8.24. The summed E-state index contributed by atoms with van der Waals surface area (Å²) >= 11 is 0. The van der Waals surface area contributed by atoms with E-state index in [0.717, 1.165) is 5.41 Å². The predicted octanol–water partition coefficient (Wildman–Crippen LogP) is 3.18. The molecule has 2 rings (SSSR count). The number of ether oxygens (including phenoxy) is 4. The zero-order chi connectivity index (χ0) is 20.7. The highest BCUT2D eigenvalue weighted by molar-refractivity contribution is 7.95. The molecule has 0 aliphatic carbocycles. The Labute approximate surface area is 165 Å². The van der Waals surface area contributed by atoms with Gasteiger partial charge >= 0.3 is 0 Å².